The molecule has 2 aromatic carbocycles. The van der Waals surface area contributed by atoms with E-state index in [9.17, 15) is 4.79 Å². The minimum absolute atomic E-state index is 0.198. The van der Waals surface area contributed by atoms with Gasteiger partial charge in [-0.1, -0.05) is 18.2 Å². The highest BCUT2D eigenvalue weighted by Gasteiger charge is 2.12. The Kier molecular flexibility index (Phi) is 5.51. The van der Waals surface area contributed by atoms with Crippen molar-refractivity contribution < 1.29 is 14.3 Å². The van der Waals surface area contributed by atoms with Crippen molar-refractivity contribution in [1.82, 2.24) is 10.2 Å². The third-order valence-electron chi connectivity index (χ3n) is 3.87. The number of benzene rings is 2. The molecule has 0 aliphatic heterocycles. The third kappa shape index (κ3) is 4.33. The average molecular weight is 364 g/mol. The number of aromatic nitrogens is 2. The summed E-state index contributed by atoms with van der Waals surface area (Å²) in [7, 11) is 3.15. The van der Waals surface area contributed by atoms with E-state index in [1.54, 1.807) is 32.4 Å². The number of nitrogens with one attached hydrogen (secondary N) is 2. The first-order valence-electron chi connectivity index (χ1n) is 8.30. The molecule has 1 heterocycles. The molecule has 0 fully saturated rings. The lowest BCUT2D eigenvalue weighted by molar-refractivity contribution is 0.102. The van der Waals surface area contributed by atoms with Crippen LogP contribution in [0.4, 0.5) is 17.2 Å². The summed E-state index contributed by atoms with van der Waals surface area (Å²) in [5, 5.41) is 14.0. The molecule has 0 unspecified atom stereocenters. The molecule has 0 aliphatic rings. The predicted molar refractivity (Wildman–Crippen MR) is 104 cm³/mol. The molecule has 27 heavy (non-hydrogen) atoms. The van der Waals surface area contributed by atoms with Crippen LogP contribution in [0.3, 0.4) is 0 Å². The number of anilines is 3. The van der Waals surface area contributed by atoms with E-state index < -0.39 is 0 Å². The second-order valence-electron chi connectivity index (χ2n) is 5.79. The summed E-state index contributed by atoms with van der Waals surface area (Å²) in [6, 6.07) is 16.3. The fraction of sp³-hybridized carbons (Fsp3) is 0.150. The van der Waals surface area contributed by atoms with Crippen molar-refractivity contribution >= 4 is 23.1 Å². The fourth-order valence-corrected chi connectivity index (χ4v) is 2.51. The van der Waals surface area contributed by atoms with Gasteiger partial charge >= 0.3 is 0 Å². The summed E-state index contributed by atoms with van der Waals surface area (Å²) in [6.45, 7) is 1.94. The van der Waals surface area contributed by atoms with E-state index in [2.05, 4.69) is 20.8 Å². The highest BCUT2D eigenvalue weighted by molar-refractivity contribution is 6.03. The van der Waals surface area contributed by atoms with Crippen molar-refractivity contribution in [2.45, 2.75) is 6.92 Å². The number of nitrogens with zero attached hydrogens (tertiary/aromatic N) is 2. The lowest BCUT2D eigenvalue weighted by atomic mass is 10.2. The number of aryl methyl sites for hydroxylation is 1. The van der Waals surface area contributed by atoms with E-state index in [4.69, 9.17) is 9.47 Å². The van der Waals surface area contributed by atoms with E-state index in [0.29, 0.717) is 23.0 Å². The molecule has 0 saturated carbocycles. The molecule has 1 aromatic heterocycles. The van der Waals surface area contributed by atoms with Gasteiger partial charge in [-0.3, -0.25) is 4.79 Å². The first-order valence-corrected chi connectivity index (χ1v) is 8.30. The molecule has 0 spiro atoms. The number of ether oxygens (including phenoxy) is 2. The van der Waals surface area contributed by atoms with E-state index in [1.165, 1.54) is 0 Å². The maximum absolute atomic E-state index is 12.5. The quantitative estimate of drug-likeness (QED) is 0.692. The normalized spacial score (nSPS) is 10.2. The van der Waals surface area contributed by atoms with Crippen LogP contribution in [0.5, 0.6) is 11.5 Å². The van der Waals surface area contributed by atoms with Crippen LogP contribution in [0.15, 0.2) is 54.6 Å². The second kappa shape index (κ2) is 8.18. The van der Waals surface area contributed by atoms with Gasteiger partial charge in [-0.05, 0) is 48.9 Å². The van der Waals surface area contributed by atoms with Crippen molar-refractivity contribution in [3.63, 3.8) is 0 Å². The van der Waals surface area contributed by atoms with Gasteiger partial charge in [0.25, 0.3) is 5.91 Å². The standard InChI is InChI=1S/C20H20N4O3/c1-13-8-10-18(27-3)16(12-13)22-20(25)15-9-11-19(24-23-15)21-14-6-4-5-7-17(14)26-2/h4-12H,1-3H3,(H,21,24)(H,22,25). The molecule has 1 amide bonds. The zero-order valence-corrected chi connectivity index (χ0v) is 15.3. The maximum Gasteiger partial charge on any atom is 0.276 e. The first kappa shape index (κ1) is 18.2. The topological polar surface area (TPSA) is 85.4 Å². The van der Waals surface area contributed by atoms with Crippen molar-refractivity contribution in [2.75, 3.05) is 24.9 Å². The number of carbonyl (C=O) groups excluding carboxylic acids is 1. The van der Waals surface area contributed by atoms with Crippen LogP contribution in [0.2, 0.25) is 0 Å². The van der Waals surface area contributed by atoms with Gasteiger partial charge in [-0.2, -0.15) is 0 Å². The van der Waals surface area contributed by atoms with Crippen LogP contribution in [0.25, 0.3) is 0 Å². The number of carbonyl (C=O) groups is 1. The van der Waals surface area contributed by atoms with Crippen LogP contribution >= 0.6 is 0 Å². The van der Waals surface area contributed by atoms with Crippen LogP contribution in [0, 0.1) is 6.92 Å². The highest BCUT2D eigenvalue weighted by Crippen LogP contribution is 2.27. The van der Waals surface area contributed by atoms with E-state index in [-0.39, 0.29) is 11.6 Å². The van der Waals surface area contributed by atoms with Crippen molar-refractivity contribution in [1.29, 1.82) is 0 Å². The summed E-state index contributed by atoms with van der Waals surface area (Å²) in [5.74, 6) is 1.41. The molecule has 2 N–H and O–H groups in total. The molecular formula is C20H20N4O3. The molecule has 0 atom stereocenters. The first-order chi connectivity index (χ1) is 13.1. The summed E-state index contributed by atoms with van der Waals surface area (Å²) >= 11 is 0. The molecular weight excluding hydrogens is 344 g/mol. The molecule has 0 saturated heterocycles. The van der Waals surface area contributed by atoms with Crippen molar-refractivity contribution in [2.24, 2.45) is 0 Å². The summed E-state index contributed by atoms with van der Waals surface area (Å²) < 4.78 is 10.6. The van der Waals surface area contributed by atoms with Crippen LogP contribution in [0.1, 0.15) is 16.1 Å². The number of methoxy groups -OCH3 is 2. The van der Waals surface area contributed by atoms with Gasteiger partial charge in [0.05, 0.1) is 25.6 Å². The fourth-order valence-electron chi connectivity index (χ4n) is 2.51. The summed E-state index contributed by atoms with van der Waals surface area (Å²) in [4.78, 5) is 12.5. The van der Waals surface area contributed by atoms with Gasteiger partial charge in [0.1, 0.15) is 11.5 Å². The highest BCUT2D eigenvalue weighted by atomic mass is 16.5. The van der Waals surface area contributed by atoms with Gasteiger partial charge < -0.3 is 20.1 Å². The molecule has 0 aliphatic carbocycles. The van der Waals surface area contributed by atoms with Crippen molar-refractivity contribution in [3.05, 3.63) is 65.9 Å². The van der Waals surface area contributed by atoms with Gasteiger partial charge in [0.2, 0.25) is 0 Å². The van der Waals surface area contributed by atoms with Crippen LogP contribution in [-0.2, 0) is 0 Å². The van der Waals surface area contributed by atoms with Crippen molar-refractivity contribution in [3.8, 4) is 11.5 Å². The van der Waals surface area contributed by atoms with E-state index in [1.807, 2.05) is 43.3 Å². The molecule has 7 nitrogen and oxygen atoms in total. The molecule has 3 rings (SSSR count). The molecule has 3 aromatic rings. The molecule has 138 valence electrons. The minimum atomic E-state index is -0.366. The summed E-state index contributed by atoms with van der Waals surface area (Å²) in [5.41, 5.74) is 2.55. The van der Waals surface area contributed by atoms with Crippen LogP contribution in [-0.4, -0.2) is 30.3 Å². The Labute approximate surface area is 157 Å². The van der Waals surface area contributed by atoms with E-state index >= 15 is 0 Å². The predicted octanol–water partition coefficient (Wildman–Crippen LogP) is 3.80. The Morgan fingerprint density at radius 3 is 2.33 bits per heavy atom. The van der Waals surface area contributed by atoms with E-state index in [0.717, 1.165) is 11.3 Å². The third-order valence-corrected chi connectivity index (χ3v) is 3.87. The Morgan fingerprint density at radius 1 is 0.889 bits per heavy atom. The van der Waals surface area contributed by atoms with Gasteiger partial charge in [0, 0.05) is 0 Å². The number of hydrogen-bond acceptors (Lipinski definition) is 6. The number of para-hydroxylation sites is 2. The monoisotopic (exact) mass is 364 g/mol. The minimum Gasteiger partial charge on any atom is -0.495 e. The largest absolute Gasteiger partial charge is 0.495 e. The zero-order valence-electron chi connectivity index (χ0n) is 15.3. The number of hydrogen-bond donors (Lipinski definition) is 2. The number of amides is 1. The Bertz CT molecular complexity index is 942. The summed E-state index contributed by atoms with van der Waals surface area (Å²) in [6.07, 6.45) is 0. The number of rotatable bonds is 6. The Hall–Kier alpha value is -3.61. The van der Waals surface area contributed by atoms with Gasteiger partial charge in [-0.25, -0.2) is 0 Å². The van der Waals surface area contributed by atoms with Gasteiger partial charge in [0.15, 0.2) is 11.5 Å². The zero-order chi connectivity index (χ0) is 19.2. The second-order valence-corrected chi connectivity index (χ2v) is 5.79. The molecule has 0 bridgehead atoms. The lowest BCUT2D eigenvalue weighted by Crippen LogP contribution is -2.15. The Morgan fingerprint density at radius 2 is 1.63 bits per heavy atom. The average Bonchev–Trinajstić information content (AvgIpc) is 2.69. The van der Waals surface area contributed by atoms with Gasteiger partial charge in [-0.15, -0.1) is 10.2 Å². The SMILES string of the molecule is COc1ccc(C)cc1NC(=O)c1ccc(Nc2ccccc2OC)nn1. The maximum atomic E-state index is 12.5. The lowest BCUT2D eigenvalue weighted by Gasteiger charge is -2.11. The molecule has 7 heteroatoms. The molecule has 0 radical (unpaired) electrons. The van der Waals surface area contributed by atoms with Crippen LogP contribution < -0.4 is 20.1 Å². The smallest absolute Gasteiger partial charge is 0.276 e. The Balaban J connectivity index is 1.73.